The first-order chi connectivity index (χ1) is 9.24. The molecule has 0 aromatic carbocycles. The van der Waals surface area contributed by atoms with E-state index >= 15 is 0 Å². The predicted molar refractivity (Wildman–Crippen MR) is 68.1 cm³/mol. The summed E-state index contributed by atoms with van der Waals surface area (Å²) in [6.45, 7) is 3.44. The van der Waals surface area contributed by atoms with Crippen molar-refractivity contribution >= 4 is 11.7 Å². The van der Waals surface area contributed by atoms with Crippen molar-refractivity contribution in [3.8, 4) is 0 Å². The van der Waals surface area contributed by atoms with E-state index in [1.165, 1.54) is 7.11 Å². The number of fused-ring (bicyclic) bond motifs is 1. The number of esters is 1. The average Bonchev–Trinajstić information content (AvgIpc) is 2.35. The summed E-state index contributed by atoms with van der Waals surface area (Å²) in [4.78, 5) is 15.4. The molecule has 0 radical (unpaired) electrons. The van der Waals surface area contributed by atoms with Crippen LogP contribution in [0.5, 0.6) is 0 Å². The van der Waals surface area contributed by atoms with Crippen molar-refractivity contribution in [1.29, 1.82) is 0 Å². The summed E-state index contributed by atoms with van der Waals surface area (Å²) in [5, 5.41) is 0. The minimum Gasteiger partial charge on any atom is -0.469 e. The minimum absolute atomic E-state index is 0.183. The van der Waals surface area contributed by atoms with Gasteiger partial charge in [-0.05, 0) is 25.3 Å². The minimum atomic E-state index is -4.45. The van der Waals surface area contributed by atoms with Crippen molar-refractivity contribution in [2.24, 2.45) is 22.7 Å². The monoisotopic (exact) mass is 287 g/mol. The maximum absolute atomic E-state index is 12.8. The first-order valence-corrected chi connectivity index (χ1v) is 6.37. The molecule has 0 aromatic heterocycles. The van der Waals surface area contributed by atoms with Gasteiger partial charge in [0.15, 0.2) is 0 Å². The second-order valence-corrected chi connectivity index (χ2v) is 5.25. The average molecular weight is 287 g/mol. The van der Waals surface area contributed by atoms with Crippen molar-refractivity contribution < 1.29 is 22.7 Å². The van der Waals surface area contributed by atoms with Gasteiger partial charge in [0.1, 0.15) is 5.71 Å². The van der Waals surface area contributed by atoms with E-state index in [4.69, 9.17) is 4.74 Å². The number of dihydropyridines is 1. The number of ether oxygens (including phenoxy) is 1. The Balaban J connectivity index is 2.36. The lowest BCUT2D eigenvalue weighted by atomic mass is 9.74. The van der Waals surface area contributed by atoms with Crippen LogP contribution in [0, 0.1) is 17.8 Å². The molecule has 1 aliphatic heterocycles. The summed E-state index contributed by atoms with van der Waals surface area (Å²) >= 11 is 0. The van der Waals surface area contributed by atoms with Crippen LogP contribution in [0.25, 0.3) is 0 Å². The highest BCUT2D eigenvalue weighted by atomic mass is 19.4. The molecule has 110 valence electrons. The van der Waals surface area contributed by atoms with Crippen LogP contribution in [0.2, 0.25) is 0 Å². The number of carbonyl (C=O) groups excluding carboxylic acids is 1. The third-order valence-electron chi connectivity index (χ3n) is 3.87. The van der Waals surface area contributed by atoms with Gasteiger partial charge in [-0.2, -0.15) is 13.2 Å². The van der Waals surface area contributed by atoms with E-state index in [1.54, 1.807) is 19.9 Å². The van der Waals surface area contributed by atoms with Crippen molar-refractivity contribution in [2.45, 2.75) is 26.4 Å². The number of alkyl halides is 3. The van der Waals surface area contributed by atoms with Crippen LogP contribution in [0.1, 0.15) is 20.3 Å². The lowest BCUT2D eigenvalue weighted by molar-refractivity contribution is -0.147. The van der Waals surface area contributed by atoms with Crippen molar-refractivity contribution in [3.63, 3.8) is 0 Å². The lowest BCUT2D eigenvalue weighted by Gasteiger charge is -2.33. The van der Waals surface area contributed by atoms with E-state index in [1.807, 2.05) is 0 Å². The summed E-state index contributed by atoms with van der Waals surface area (Å²) in [6.07, 6.45) is -1.30. The molecular weight excluding hydrogens is 271 g/mol. The first-order valence-electron chi connectivity index (χ1n) is 6.37. The Morgan fingerprint density at radius 3 is 2.65 bits per heavy atom. The van der Waals surface area contributed by atoms with Gasteiger partial charge < -0.3 is 4.74 Å². The molecule has 3 atom stereocenters. The molecule has 0 amide bonds. The number of hydrogen-bond donors (Lipinski definition) is 0. The number of carbonyl (C=O) groups is 1. The maximum Gasteiger partial charge on any atom is 0.433 e. The first kappa shape index (κ1) is 14.8. The third-order valence-corrected chi connectivity index (χ3v) is 3.87. The van der Waals surface area contributed by atoms with Crippen LogP contribution >= 0.6 is 0 Å². The zero-order chi connectivity index (χ0) is 15.1. The molecule has 1 aliphatic carbocycles. The van der Waals surface area contributed by atoms with Crippen molar-refractivity contribution in [1.82, 2.24) is 0 Å². The molecule has 2 aliphatic rings. The van der Waals surface area contributed by atoms with Gasteiger partial charge in [0, 0.05) is 11.6 Å². The molecular formula is C14H16F3NO2. The van der Waals surface area contributed by atoms with Gasteiger partial charge in [-0.15, -0.1) is 0 Å². The quantitative estimate of drug-likeness (QED) is 0.694. The normalized spacial score (nSPS) is 29.9. The van der Waals surface area contributed by atoms with Gasteiger partial charge in [-0.25, -0.2) is 4.99 Å². The van der Waals surface area contributed by atoms with E-state index in [0.717, 1.165) is 6.08 Å². The number of halogens is 3. The van der Waals surface area contributed by atoms with Crippen LogP contribution in [-0.2, 0) is 9.53 Å². The highest BCUT2D eigenvalue weighted by Crippen LogP contribution is 2.41. The Morgan fingerprint density at radius 1 is 1.45 bits per heavy atom. The van der Waals surface area contributed by atoms with Gasteiger partial charge in [0.25, 0.3) is 0 Å². The van der Waals surface area contributed by atoms with Crippen LogP contribution in [0.3, 0.4) is 0 Å². The van der Waals surface area contributed by atoms with Gasteiger partial charge in [0.05, 0.1) is 13.0 Å². The largest absolute Gasteiger partial charge is 0.469 e. The summed E-state index contributed by atoms with van der Waals surface area (Å²) in [7, 11) is 1.32. The molecule has 0 bridgehead atoms. The van der Waals surface area contributed by atoms with Crippen LogP contribution in [0.4, 0.5) is 13.2 Å². The fourth-order valence-corrected chi connectivity index (χ4v) is 2.72. The summed E-state index contributed by atoms with van der Waals surface area (Å²) in [5.41, 5.74) is 0.116. The fourth-order valence-electron chi connectivity index (χ4n) is 2.72. The van der Waals surface area contributed by atoms with Crippen molar-refractivity contribution in [2.75, 3.05) is 7.11 Å². The second-order valence-electron chi connectivity index (χ2n) is 5.25. The van der Waals surface area contributed by atoms with Crippen LogP contribution in [-0.4, -0.2) is 25.0 Å². The van der Waals surface area contributed by atoms with Gasteiger partial charge in [0.2, 0.25) is 0 Å². The predicted octanol–water partition coefficient (Wildman–Crippen LogP) is 3.28. The van der Waals surface area contributed by atoms with Gasteiger partial charge in [-0.3, -0.25) is 4.79 Å². The smallest absolute Gasteiger partial charge is 0.433 e. The molecule has 0 spiro atoms. The third kappa shape index (κ3) is 2.64. The Bertz CT molecular complexity index is 517. The molecule has 0 saturated carbocycles. The topological polar surface area (TPSA) is 38.7 Å². The Labute approximate surface area is 115 Å². The van der Waals surface area contributed by atoms with Gasteiger partial charge in [-0.1, -0.05) is 18.6 Å². The zero-order valence-corrected chi connectivity index (χ0v) is 11.5. The number of allylic oxidation sites excluding steroid dienone is 3. The molecule has 2 rings (SSSR count). The molecule has 0 N–H and O–H groups in total. The number of nitrogens with zero attached hydrogens (tertiary/aromatic N) is 1. The SMILES string of the molecule is COC(=O)C1CC2C(C)=CC(C(F)(F)F)=NC2=CC1C. The molecule has 1 heterocycles. The van der Waals surface area contributed by atoms with Crippen molar-refractivity contribution in [3.05, 3.63) is 23.4 Å². The Hall–Kier alpha value is -1.59. The summed E-state index contributed by atoms with van der Waals surface area (Å²) in [6, 6.07) is 0. The van der Waals surface area contributed by atoms with E-state index < -0.39 is 11.9 Å². The molecule has 3 unspecified atom stereocenters. The lowest BCUT2D eigenvalue weighted by Crippen LogP contribution is -2.33. The van der Waals surface area contributed by atoms with E-state index in [2.05, 4.69) is 4.99 Å². The maximum atomic E-state index is 12.8. The molecule has 0 fully saturated rings. The molecule has 0 saturated heterocycles. The number of aliphatic imine (C=N–C) groups is 1. The molecule has 3 nitrogen and oxygen atoms in total. The number of methoxy groups -OCH3 is 1. The Morgan fingerprint density at radius 2 is 2.10 bits per heavy atom. The highest BCUT2D eigenvalue weighted by molar-refractivity contribution is 6.01. The van der Waals surface area contributed by atoms with E-state index in [-0.39, 0.29) is 23.7 Å². The van der Waals surface area contributed by atoms with E-state index in [0.29, 0.717) is 17.7 Å². The van der Waals surface area contributed by atoms with Gasteiger partial charge >= 0.3 is 12.1 Å². The summed E-state index contributed by atoms with van der Waals surface area (Å²) < 4.78 is 43.0. The Kier molecular flexibility index (Phi) is 3.75. The second kappa shape index (κ2) is 5.07. The number of rotatable bonds is 1. The highest BCUT2D eigenvalue weighted by Gasteiger charge is 2.41. The van der Waals surface area contributed by atoms with E-state index in [9.17, 15) is 18.0 Å². The molecule has 20 heavy (non-hydrogen) atoms. The standard InChI is InChI=1S/C14H16F3NO2/c1-7-4-11-9(6-10(7)13(19)20-3)8(2)5-12(18-11)14(15,16)17/h4-5,7,9-10H,6H2,1-3H3. The molecule has 6 heteroatoms. The molecule has 0 aromatic rings. The van der Waals surface area contributed by atoms with Crippen LogP contribution in [0.15, 0.2) is 28.4 Å². The summed E-state index contributed by atoms with van der Waals surface area (Å²) in [5.74, 6) is -1.08. The van der Waals surface area contributed by atoms with Crippen LogP contribution < -0.4 is 0 Å². The zero-order valence-electron chi connectivity index (χ0n) is 11.5. The number of hydrogen-bond acceptors (Lipinski definition) is 3. The fraction of sp³-hybridized carbons (Fsp3) is 0.571.